The summed E-state index contributed by atoms with van der Waals surface area (Å²) in [6.07, 6.45) is 3.55. The molecule has 0 aliphatic heterocycles. The molecule has 0 fully saturated rings. The number of aromatic amines is 2. The molecule has 0 unspecified atom stereocenters. The first-order valence-corrected chi connectivity index (χ1v) is 11.0. The molecule has 0 atom stereocenters. The SMILES string of the molecule is [Be+2].[O-]c1ccc(-c2ccccc2)c2ccc[nH+]c12.[O-]c1ccc(-c2ccccc2)c2ccc[nH+]c12. The Hall–Kier alpha value is -4.53. The van der Waals surface area contributed by atoms with Crippen LogP contribution in [0.5, 0.6) is 11.5 Å². The molecule has 2 heterocycles. The summed E-state index contributed by atoms with van der Waals surface area (Å²) in [6, 6.07) is 34.9. The first-order chi connectivity index (χ1) is 16.7. The van der Waals surface area contributed by atoms with Crippen LogP contribution in [0.25, 0.3) is 44.1 Å². The third kappa shape index (κ3) is 4.88. The van der Waals surface area contributed by atoms with E-state index in [0.29, 0.717) is 11.0 Å². The average molecular weight is 452 g/mol. The smallest absolute Gasteiger partial charge is 0.868 e. The fourth-order valence-electron chi connectivity index (χ4n) is 4.13. The summed E-state index contributed by atoms with van der Waals surface area (Å²) in [5, 5.41) is 25.4. The largest absolute Gasteiger partial charge is 2.00 e. The number of benzene rings is 4. The Morgan fingerprint density at radius 2 is 0.829 bits per heavy atom. The van der Waals surface area contributed by atoms with E-state index in [4.69, 9.17) is 0 Å². The second-order valence-corrected chi connectivity index (χ2v) is 7.87. The van der Waals surface area contributed by atoms with E-state index in [2.05, 4.69) is 9.97 Å². The van der Waals surface area contributed by atoms with Crippen LogP contribution in [-0.4, -0.2) is 10.1 Å². The average Bonchev–Trinajstić information content (AvgIpc) is 2.91. The molecule has 0 aliphatic rings. The minimum Gasteiger partial charge on any atom is -0.868 e. The molecule has 0 saturated carbocycles. The Bertz CT molecular complexity index is 1450. The summed E-state index contributed by atoms with van der Waals surface area (Å²) in [5.74, 6) is 0.0561. The van der Waals surface area contributed by atoms with Crippen LogP contribution in [0.3, 0.4) is 0 Å². The van der Waals surface area contributed by atoms with Gasteiger partial charge in [-0.25, -0.2) is 9.97 Å². The molecule has 0 radical (unpaired) electrons. The first-order valence-electron chi connectivity index (χ1n) is 11.0. The molecular weight excluding hydrogens is 429 g/mol. The van der Waals surface area contributed by atoms with Crippen molar-refractivity contribution >= 4 is 31.9 Å². The van der Waals surface area contributed by atoms with Crippen molar-refractivity contribution in [3.05, 3.63) is 122 Å². The predicted molar refractivity (Wildman–Crippen MR) is 137 cm³/mol. The summed E-state index contributed by atoms with van der Waals surface area (Å²) in [4.78, 5) is 6.03. The van der Waals surface area contributed by atoms with E-state index in [1.54, 1.807) is 24.5 Å². The van der Waals surface area contributed by atoms with Gasteiger partial charge in [-0.15, -0.1) is 0 Å². The molecule has 0 amide bonds. The van der Waals surface area contributed by atoms with Gasteiger partial charge in [-0.1, -0.05) is 84.9 Å². The van der Waals surface area contributed by atoms with E-state index >= 15 is 0 Å². The van der Waals surface area contributed by atoms with Gasteiger partial charge in [-0.2, -0.15) is 0 Å². The van der Waals surface area contributed by atoms with E-state index in [0.717, 1.165) is 33.0 Å². The molecule has 2 N–H and O–H groups in total. The van der Waals surface area contributed by atoms with Crippen LogP contribution >= 0.6 is 0 Å². The first kappa shape index (κ1) is 23.6. The molecule has 0 aliphatic carbocycles. The van der Waals surface area contributed by atoms with Crippen LogP contribution < -0.4 is 20.2 Å². The summed E-state index contributed by atoms with van der Waals surface area (Å²) in [6.45, 7) is 0. The number of rotatable bonds is 2. The Kier molecular flexibility index (Phi) is 7.15. The van der Waals surface area contributed by atoms with Crippen LogP contribution in [0.4, 0.5) is 0 Å². The van der Waals surface area contributed by atoms with Gasteiger partial charge < -0.3 is 10.2 Å². The van der Waals surface area contributed by atoms with Gasteiger partial charge in [-0.05, 0) is 45.9 Å². The van der Waals surface area contributed by atoms with Crippen LogP contribution in [0.2, 0.25) is 0 Å². The molecule has 4 nitrogen and oxygen atoms in total. The van der Waals surface area contributed by atoms with Crippen molar-refractivity contribution in [1.29, 1.82) is 0 Å². The number of nitrogens with one attached hydrogen (secondary N) is 2. The summed E-state index contributed by atoms with van der Waals surface area (Å²) in [7, 11) is 0. The maximum Gasteiger partial charge on any atom is 2.00 e. The Morgan fingerprint density at radius 3 is 1.23 bits per heavy atom. The Labute approximate surface area is 207 Å². The van der Waals surface area contributed by atoms with Crippen LogP contribution in [0, 0.1) is 0 Å². The van der Waals surface area contributed by atoms with Crippen LogP contribution in [-0.2, 0) is 0 Å². The van der Waals surface area contributed by atoms with Crippen LogP contribution in [0.15, 0.2) is 122 Å². The molecule has 5 heteroatoms. The Balaban J connectivity index is 0.000000160. The van der Waals surface area contributed by atoms with Gasteiger partial charge in [0.05, 0.1) is 10.8 Å². The van der Waals surface area contributed by atoms with Crippen molar-refractivity contribution in [3.63, 3.8) is 0 Å². The third-order valence-electron chi connectivity index (χ3n) is 5.76. The van der Waals surface area contributed by atoms with Crippen molar-refractivity contribution in [2.45, 2.75) is 0 Å². The zero-order valence-electron chi connectivity index (χ0n) is 19.1. The van der Waals surface area contributed by atoms with E-state index in [1.807, 2.05) is 97.1 Å². The quantitative estimate of drug-likeness (QED) is 0.366. The molecule has 0 spiro atoms. The van der Waals surface area contributed by atoms with Crippen molar-refractivity contribution in [2.75, 3.05) is 0 Å². The molecule has 4 aromatic carbocycles. The molecule has 164 valence electrons. The van der Waals surface area contributed by atoms with Crippen molar-refractivity contribution < 1.29 is 20.2 Å². The Morgan fingerprint density at radius 1 is 0.429 bits per heavy atom. The van der Waals surface area contributed by atoms with Gasteiger partial charge in [0, 0.05) is 12.1 Å². The third-order valence-corrected chi connectivity index (χ3v) is 5.76. The van der Waals surface area contributed by atoms with E-state index in [1.165, 1.54) is 0 Å². The van der Waals surface area contributed by atoms with Gasteiger partial charge in [-0.3, -0.25) is 0 Å². The van der Waals surface area contributed by atoms with Gasteiger partial charge in [0.25, 0.3) is 0 Å². The molecular formula is C30H22BeN2O2+2. The van der Waals surface area contributed by atoms with Gasteiger partial charge in [0.2, 0.25) is 11.0 Å². The van der Waals surface area contributed by atoms with E-state index in [-0.39, 0.29) is 21.6 Å². The maximum absolute atomic E-state index is 11.7. The normalized spacial score (nSPS) is 10.3. The van der Waals surface area contributed by atoms with Crippen LogP contribution in [0.1, 0.15) is 0 Å². The van der Waals surface area contributed by atoms with Gasteiger partial charge >= 0.3 is 10.1 Å². The van der Waals surface area contributed by atoms with Crippen molar-refractivity contribution in [3.8, 4) is 33.8 Å². The second-order valence-electron chi connectivity index (χ2n) is 7.87. The number of fused-ring (bicyclic) bond motifs is 2. The monoisotopic (exact) mass is 451 g/mol. The fourth-order valence-corrected chi connectivity index (χ4v) is 4.13. The number of pyridine rings is 2. The molecule has 0 bridgehead atoms. The van der Waals surface area contributed by atoms with Gasteiger partial charge in [0.1, 0.15) is 0 Å². The minimum absolute atomic E-state index is 0. The molecule has 35 heavy (non-hydrogen) atoms. The summed E-state index contributed by atoms with van der Waals surface area (Å²) < 4.78 is 0. The number of aromatic nitrogens is 2. The topological polar surface area (TPSA) is 74.4 Å². The van der Waals surface area contributed by atoms with Crippen molar-refractivity contribution in [2.24, 2.45) is 0 Å². The molecule has 0 saturated heterocycles. The summed E-state index contributed by atoms with van der Waals surface area (Å²) in [5.41, 5.74) is 5.73. The minimum atomic E-state index is 0. The molecule has 6 rings (SSSR count). The van der Waals surface area contributed by atoms with E-state index in [9.17, 15) is 10.2 Å². The summed E-state index contributed by atoms with van der Waals surface area (Å²) >= 11 is 0. The standard InChI is InChI=1S/2C15H11NO.Be/c2*17-14-9-8-12(11-5-2-1-3-6-11)13-7-4-10-16-15(13)14;/h2*1-10,17H;/q;;+2. The van der Waals surface area contributed by atoms with E-state index < -0.39 is 0 Å². The molecule has 2 aromatic heterocycles. The number of hydrogen-bond donors (Lipinski definition) is 0. The fraction of sp³-hybridized carbons (Fsp3) is 0. The zero-order valence-corrected chi connectivity index (χ0v) is 19.1. The van der Waals surface area contributed by atoms with Crippen molar-refractivity contribution in [1.82, 2.24) is 0 Å². The molecule has 6 aromatic rings. The van der Waals surface area contributed by atoms with Gasteiger partial charge in [0.15, 0.2) is 12.4 Å². The second kappa shape index (κ2) is 10.6. The predicted octanol–water partition coefficient (Wildman–Crippen LogP) is 4.41. The number of hydrogen-bond acceptors (Lipinski definition) is 2. The zero-order chi connectivity index (χ0) is 23.3. The maximum atomic E-state index is 11.7. The number of H-pyrrole nitrogens is 2.